The lowest BCUT2D eigenvalue weighted by Crippen LogP contribution is -2.34. The maximum absolute atomic E-state index is 12.1. The number of anilines is 1. The Bertz CT molecular complexity index is 716. The van der Waals surface area contributed by atoms with Crippen LogP contribution >= 0.6 is 0 Å². The van der Waals surface area contributed by atoms with Crippen LogP contribution in [-0.2, 0) is 19.1 Å². The second kappa shape index (κ2) is 11.0. The first-order valence-corrected chi connectivity index (χ1v) is 10.6. The molecule has 30 heavy (non-hydrogen) atoms. The summed E-state index contributed by atoms with van der Waals surface area (Å²) in [5.41, 5.74) is 1.44. The third-order valence-electron chi connectivity index (χ3n) is 5.22. The minimum absolute atomic E-state index is 0.125. The maximum Gasteiger partial charge on any atom is 0.407 e. The average Bonchev–Trinajstić information content (AvgIpc) is 2.67. The number of benzene rings is 1. The van der Waals surface area contributed by atoms with E-state index in [9.17, 15) is 14.4 Å². The van der Waals surface area contributed by atoms with Crippen molar-refractivity contribution in [1.29, 1.82) is 0 Å². The van der Waals surface area contributed by atoms with Crippen LogP contribution in [0.2, 0.25) is 0 Å². The number of ether oxygens (including phenoxy) is 2. The van der Waals surface area contributed by atoms with E-state index in [4.69, 9.17) is 9.47 Å². The van der Waals surface area contributed by atoms with Gasteiger partial charge in [0.05, 0.1) is 7.11 Å². The summed E-state index contributed by atoms with van der Waals surface area (Å²) in [6.07, 6.45) is 4.34. The highest BCUT2D eigenvalue weighted by Crippen LogP contribution is 2.37. The van der Waals surface area contributed by atoms with E-state index in [0.29, 0.717) is 18.3 Å². The zero-order valence-corrected chi connectivity index (χ0v) is 18.5. The molecule has 166 valence electrons. The summed E-state index contributed by atoms with van der Waals surface area (Å²) in [7, 11) is 1.44. The fourth-order valence-electron chi connectivity index (χ4n) is 3.67. The first kappa shape index (κ1) is 23.7. The molecule has 0 aromatic heterocycles. The highest BCUT2D eigenvalue weighted by molar-refractivity contribution is 5.91. The minimum atomic E-state index is -0.561. The molecule has 0 unspecified atom stereocenters. The molecule has 1 aromatic carbocycles. The van der Waals surface area contributed by atoms with Crippen LogP contribution in [0.25, 0.3) is 0 Å². The van der Waals surface area contributed by atoms with Gasteiger partial charge in [-0.2, -0.15) is 0 Å². The molecular formula is C23H34N2O5. The van der Waals surface area contributed by atoms with Crippen LogP contribution in [0.3, 0.4) is 0 Å². The SMILES string of the molecule is COC(=O)C[C@H]1CC[C@H](c2ccc(NC(=O)CCNC(=O)OC(C)(C)C)cc2)CC1. The van der Waals surface area contributed by atoms with Crippen LogP contribution in [-0.4, -0.2) is 37.2 Å². The average molecular weight is 419 g/mol. The molecule has 7 heteroatoms. The van der Waals surface area contributed by atoms with E-state index in [0.717, 1.165) is 31.4 Å². The van der Waals surface area contributed by atoms with Crippen LogP contribution in [0.1, 0.15) is 70.8 Å². The standard InChI is InChI=1S/C23H34N2O5/c1-23(2,3)30-22(28)24-14-13-20(26)25-19-11-9-18(10-12-19)17-7-5-16(6-8-17)15-21(27)29-4/h9-12,16-17H,5-8,13-15H2,1-4H3,(H,24,28)(H,25,26)/t16-,17-. The molecule has 1 aliphatic rings. The van der Waals surface area contributed by atoms with E-state index < -0.39 is 11.7 Å². The van der Waals surface area contributed by atoms with Crippen LogP contribution in [0.15, 0.2) is 24.3 Å². The number of carbonyl (C=O) groups is 3. The van der Waals surface area contributed by atoms with Crippen LogP contribution in [0.4, 0.5) is 10.5 Å². The van der Waals surface area contributed by atoms with Crippen LogP contribution < -0.4 is 10.6 Å². The molecule has 0 radical (unpaired) electrons. The van der Waals surface area contributed by atoms with E-state index >= 15 is 0 Å². The fraction of sp³-hybridized carbons (Fsp3) is 0.609. The van der Waals surface area contributed by atoms with Gasteiger partial charge < -0.3 is 20.1 Å². The van der Waals surface area contributed by atoms with E-state index in [1.54, 1.807) is 20.8 Å². The topological polar surface area (TPSA) is 93.7 Å². The molecule has 1 aromatic rings. The van der Waals surface area contributed by atoms with Gasteiger partial charge in [0.25, 0.3) is 0 Å². The summed E-state index contributed by atoms with van der Waals surface area (Å²) in [5, 5.41) is 5.42. The van der Waals surface area contributed by atoms with E-state index in [-0.39, 0.29) is 24.8 Å². The van der Waals surface area contributed by atoms with Crippen molar-refractivity contribution in [1.82, 2.24) is 5.32 Å². The predicted molar refractivity (Wildman–Crippen MR) is 115 cm³/mol. The summed E-state index contributed by atoms with van der Waals surface area (Å²) in [6.45, 7) is 5.58. The van der Waals surface area contributed by atoms with Crippen molar-refractivity contribution in [2.75, 3.05) is 19.0 Å². The van der Waals surface area contributed by atoms with Crippen molar-refractivity contribution in [3.05, 3.63) is 29.8 Å². The van der Waals surface area contributed by atoms with Gasteiger partial charge in [-0.1, -0.05) is 12.1 Å². The molecule has 2 amide bonds. The smallest absolute Gasteiger partial charge is 0.407 e. The minimum Gasteiger partial charge on any atom is -0.469 e. The largest absolute Gasteiger partial charge is 0.469 e. The van der Waals surface area contributed by atoms with Gasteiger partial charge in [-0.25, -0.2) is 4.79 Å². The Hall–Kier alpha value is -2.57. The third-order valence-corrected chi connectivity index (χ3v) is 5.22. The number of esters is 1. The van der Waals surface area contributed by atoms with Crippen LogP contribution in [0.5, 0.6) is 0 Å². The van der Waals surface area contributed by atoms with Crippen molar-refractivity contribution in [3.63, 3.8) is 0 Å². The summed E-state index contributed by atoms with van der Waals surface area (Å²) < 4.78 is 9.90. The van der Waals surface area contributed by atoms with Crippen molar-refractivity contribution in [3.8, 4) is 0 Å². The van der Waals surface area contributed by atoms with Gasteiger partial charge in [0, 0.05) is 25.1 Å². The molecule has 2 rings (SSSR count). The monoisotopic (exact) mass is 418 g/mol. The third kappa shape index (κ3) is 8.43. The molecule has 0 atom stereocenters. The lowest BCUT2D eigenvalue weighted by atomic mass is 9.77. The Kier molecular flexibility index (Phi) is 8.69. The highest BCUT2D eigenvalue weighted by Gasteiger charge is 2.24. The molecule has 0 saturated heterocycles. The first-order chi connectivity index (χ1) is 14.2. The number of hydrogen-bond donors (Lipinski definition) is 2. The Labute approximate surface area is 178 Å². The summed E-state index contributed by atoms with van der Waals surface area (Å²) in [4.78, 5) is 35.1. The summed E-state index contributed by atoms with van der Waals surface area (Å²) in [6, 6.07) is 7.93. The quantitative estimate of drug-likeness (QED) is 0.641. The molecule has 0 aliphatic heterocycles. The maximum atomic E-state index is 12.1. The Morgan fingerprint density at radius 1 is 1.03 bits per heavy atom. The lowest BCUT2D eigenvalue weighted by molar-refractivity contribution is -0.142. The number of alkyl carbamates (subject to hydrolysis) is 1. The molecule has 0 heterocycles. The number of hydrogen-bond acceptors (Lipinski definition) is 5. The van der Waals surface area contributed by atoms with Crippen molar-refractivity contribution < 1.29 is 23.9 Å². The number of amides is 2. The Balaban J connectivity index is 1.72. The number of methoxy groups -OCH3 is 1. The Morgan fingerprint density at radius 3 is 2.23 bits per heavy atom. The normalized spacial score (nSPS) is 18.9. The van der Waals surface area contributed by atoms with Gasteiger partial charge in [0.15, 0.2) is 0 Å². The molecule has 7 nitrogen and oxygen atoms in total. The molecule has 0 spiro atoms. The van der Waals surface area contributed by atoms with Crippen molar-refractivity contribution in [2.24, 2.45) is 5.92 Å². The number of rotatable bonds is 7. The second-order valence-corrected chi connectivity index (χ2v) is 8.85. The fourth-order valence-corrected chi connectivity index (χ4v) is 3.67. The molecule has 1 aliphatic carbocycles. The van der Waals surface area contributed by atoms with E-state index in [2.05, 4.69) is 22.8 Å². The molecule has 1 fully saturated rings. The second-order valence-electron chi connectivity index (χ2n) is 8.85. The summed E-state index contributed by atoms with van der Waals surface area (Å²) >= 11 is 0. The van der Waals surface area contributed by atoms with E-state index in [1.807, 2.05) is 12.1 Å². The lowest BCUT2D eigenvalue weighted by Gasteiger charge is -2.28. The van der Waals surface area contributed by atoms with Crippen molar-refractivity contribution >= 4 is 23.7 Å². The molecule has 1 saturated carbocycles. The van der Waals surface area contributed by atoms with Gasteiger partial charge in [0.2, 0.25) is 5.91 Å². The van der Waals surface area contributed by atoms with Gasteiger partial charge in [-0.3, -0.25) is 9.59 Å². The molecular weight excluding hydrogens is 384 g/mol. The van der Waals surface area contributed by atoms with Crippen molar-refractivity contribution in [2.45, 2.75) is 70.8 Å². The number of carbonyl (C=O) groups excluding carboxylic acids is 3. The van der Waals surface area contributed by atoms with Gasteiger partial charge in [-0.15, -0.1) is 0 Å². The van der Waals surface area contributed by atoms with Crippen LogP contribution in [0, 0.1) is 5.92 Å². The summed E-state index contributed by atoms with van der Waals surface area (Å²) in [5.74, 6) is 0.616. The number of nitrogens with one attached hydrogen (secondary N) is 2. The zero-order chi connectivity index (χ0) is 22.1. The highest BCUT2D eigenvalue weighted by atomic mass is 16.6. The van der Waals surface area contributed by atoms with Gasteiger partial charge >= 0.3 is 12.1 Å². The predicted octanol–water partition coefficient (Wildman–Crippen LogP) is 4.38. The Morgan fingerprint density at radius 2 is 1.67 bits per heavy atom. The molecule has 0 bridgehead atoms. The van der Waals surface area contributed by atoms with Gasteiger partial charge in [0.1, 0.15) is 5.60 Å². The molecule has 2 N–H and O–H groups in total. The van der Waals surface area contributed by atoms with E-state index in [1.165, 1.54) is 12.7 Å². The van der Waals surface area contributed by atoms with Gasteiger partial charge in [-0.05, 0) is 76.0 Å². The first-order valence-electron chi connectivity index (χ1n) is 10.6. The zero-order valence-electron chi connectivity index (χ0n) is 18.5.